The van der Waals surface area contributed by atoms with Gasteiger partial charge in [0.2, 0.25) is 15.9 Å². The lowest BCUT2D eigenvalue weighted by Crippen LogP contribution is -2.25. The lowest BCUT2D eigenvalue weighted by molar-refractivity contribution is -0.117. The van der Waals surface area contributed by atoms with Crippen LogP contribution in [0.2, 0.25) is 0 Å². The van der Waals surface area contributed by atoms with E-state index in [2.05, 4.69) is 16.1 Å². The number of hydrogen-bond acceptors (Lipinski definition) is 4. The Kier molecular flexibility index (Phi) is 5.62. The number of rotatable bonds is 6. The summed E-state index contributed by atoms with van der Waals surface area (Å²) < 4.78 is 31.6. The molecule has 0 fully saturated rings. The molecule has 0 heterocycles. The molecule has 0 saturated carbocycles. The molecule has 1 unspecified atom stereocenters. The number of fused-ring (bicyclic) bond motifs is 1. The second kappa shape index (κ2) is 7.94. The summed E-state index contributed by atoms with van der Waals surface area (Å²) in [4.78, 5) is 12.3. The number of carbonyl (C=O) groups excluding carboxylic acids is 1. The molecule has 1 aliphatic carbocycles. The maximum absolute atomic E-state index is 12.3. The largest absolute Gasteiger partial charge is 0.495 e. The predicted octanol–water partition coefficient (Wildman–Crippen LogP) is 2.42. The molecule has 7 heteroatoms. The van der Waals surface area contributed by atoms with E-state index in [4.69, 9.17) is 4.74 Å². The molecule has 0 saturated heterocycles. The molecule has 2 N–H and O–H groups in total. The average Bonchev–Trinajstić information content (AvgIpc) is 3.09. The Balaban J connectivity index is 1.74. The first-order chi connectivity index (χ1) is 12.9. The number of sulfonamides is 1. The summed E-state index contributed by atoms with van der Waals surface area (Å²) in [6, 6.07) is 12.8. The molecule has 27 heavy (non-hydrogen) atoms. The summed E-state index contributed by atoms with van der Waals surface area (Å²) >= 11 is 0. The van der Waals surface area contributed by atoms with E-state index in [0.29, 0.717) is 5.56 Å². The number of nitrogens with one attached hydrogen (secondary N) is 2. The number of ether oxygens (including phenoxy) is 1. The van der Waals surface area contributed by atoms with E-state index in [1.807, 2.05) is 18.2 Å². The molecule has 142 valence electrons. The fraction of sp³-hybridized carbons (Fsp3) is 0.250. The van der Waals surface area contributed by atoms with Crippen molar-refractivity contribution in [3.63, 3.8) is 0 Å². The lowest BCUT2D eigenvalue weighted by Gasteiger charge is -2.12. The van der Waals surface area contributed by atoms with Crippen molar-refractivity contribution in [1.82, 2.24) is 10.0 Å². The third kappa shape index (κ3) is 4.20. The van der Waals surface area contributed by atoms with E-state index in [1.165, 1.54) is 31.9 Å². The summed E-state index contributed by atoms with van der Waals surface area (Å²) in [7, 11) is -0.917. The van der Waals surface area contributed by atoms with Gasteiger partial charge in [0.25, 0.3) is 0 Å². The third-order valence-corrected chi connectivity index (χ3v) is 6.06. The standard InChI is InChI=1S/C20H22N2O4S/c1-21-27(24,25)19-13-14(7-11-18(19)26-2)8-12-20(23)22-17-10-9-15-5-3-4-6-16(15)17/h3-8,11-13,17,21H,9-10H2,1-2H3,(H,22,23)/b12-8+. The minimum atomic E-state index is -3.66. The van der Waals surface area contributed by atoms with Gasteiger partial charge in [0.15, 0.2) is 0 Å². The van der Waals surface area contributed by atoms with Crippen LogP contribution >= 0.6 is 0 Å². The van der Waals surface area contributed by atoms with Gasteiger partial charge in [-0.2, -0.15) is 0 Å². The maximum atomic E-state index is 12.3. The van der Waals surface area contributed by atoms with Gasteiger partial charge >= 0.3 is 0 Å². The van der Waals surface area contributed by atoms with Crippen LogP contribution in [-0.4, -0.2) is 28.5 Å². The minimum Gasteiger partial charge on any atom is -0.495 e. The number of carbonyl (C=O) groups is 1. The van der Waals surface area contributed by atoms with Gasteiger partial charge in [0.05, 0.1) is 13.2 Å². The number of hydrogen-bond donors (Lipinski definition) is 2. The van der Waals surface area contributed by atoms with Crippen molar-refractivity contribution >= 4 is 22.0 Å². The Morgan fingerprint density at radius 3 is 2.74 bits per heavy atom. The van der Waals surface area contributed by atoms with Gasteiger partial charge in [-0.3, -0.25) is 4.79 Å². The molecule has 0 radical (unpaired) electrons. The zero-order valence-corrected chi connectivity index (χ0v) is 16.0. The number of benzene rings is 2. The Morgan fingerprint density at radius 2 is 2.00 bits per heavy atom. The Morgan fingerprint density at radius 1 is 1.22 bits per heavy atom. The topological polar surface area (TPSA) is 84.5 Å². The SMILES string of the molecule is CNS(=O)(=O)c1cc(/C=C/C(=O)NC2CCc3ccccc32)ccc1OC. The summed E-state index contributed by atoms with van der Waals surface area (Å²) in [5.74, 6) is 0.0269. The fourth-order valence-electron chi connectivity index (χ4n) is 3.22. The Bertz CT molecular complexity index is 983. The second-order valence-corrected chi connectivity index (χ2v) is 8.10. The third-order valence-electron chi connectivity index (χ3n) is 4.62. The van der Waals surface area contributed by atoms with Crippen LogP contribution in [0.25, 0.3) is 6.08 Å². The van der Waals surface area contributed by atoms with Crippen LogP contribution in [0.4, 0.5) is 0 Å². The van der Waals surface area contributed by atoms with Gasteiger partial charge in [-0.15, -0.1) is 0 Å². The van der Waals surface area contributed by atoms with E-state index >= 15 is 0 Å². The predicted molar refractivity (Wildman–Crippen MR) is 104 cm³/mol. The van der Waals surface area contributed by atoms with Gasteiger partial charge in [-0.25, -0.2) is 13.1 Å². The van der Waals surface area contributed by atoms with E-state index in [-0.39, 0.29) is 22.6 Å². The monoisotopic (exact) mass is 386 g/mol. The zero-order valence-electron chi connectivity index (χ0n) is 15.2. The van der Waals surface area contributed by atoms with Crippen molar-refractivity contribution in [3.05, 3.63) is 65.2 Å². The summed E-state index contributed by atoms with van der Waals surface area (Å²) in [6.45, 7) is 0. The van der Waals surface area contributed by atoms with Crippen LogP contribution < -0.4 is 14.8 Å². The number of amides is 1. The second-order valence-electron chi connectivity index (χ2n) is 6.25. The highest BCUT2D eigenvalue weighted by Gasteiger charge is 2.22. The Labute approximate surface area is 159 Å². The van der Waals surface area contributed by atoms with Crippen LogP contribution in [0.1, 0.15) is 29.2 Å². The molecule has 1 atom stereocenters. The smallest absolute Gasteiger partial charge is 0.244 e. The zero-order chi connectivity index (χ0) is 19.4. The van der Waals surface area contributed by atoms with Crippen molar-refractivity contribution in [1.29, 1.82) is 0 Å². The highest BCUT2D eigenvalue weighted by atomic mass is 32.2. The maximum Gasteiger partial charge on any atom is 0.244 e. The van der Waals surface area contributed by atoms with Crippen molar-refractivity contribution in [2.45, 2.75) is 23.8 Å². The molecule has 0 bridgehead atoms. The summed E-state index contributed by atoms with van der Waals surface area (Å²) in [6.07, 6.45) is 4.84. The molecule has 6 nitrogen and oxygen atoms in total. The molecule has 0 spiro atoms. The molecule has 0 aliphatic heterocycles. The Hall–Kier alpha value is -2.64. The van der Waals surface area contributed by atoms with Gasteiger partial charge in [-0.05, 0) is 54.8 Å². The van der Waals surface area contributed by atoms with Crippen LogP contribution in [0.15, 0.2) is 53.4 Å². The molecule has 0 aromatic heterocycles. The molecular formula is C20H22N2O4S. The van der Waals surface area contributed by atoms with Crippen molar-refractivity contribution in [2.75, 3.05) is 14.2 Å². The number of aryl methyl sites for hydroxylation is 1. The van der Waals surface area contributed by atoms with Gasteiger partial charge in [-0.1, -0.05) is 30.3 Å². The molecule has 1 amide bonds. The highest BCUT2D eigenvalue weighted by molar-refractivity contribution is 7.89. The van der Waals surface area contributed by atoms with E-state index < -0.39 is 10.0 Å². The van der Waals surface area contributed by atoms with E-state index in [1.54, 1.807) is 18.2 Å². The average molecular weight is 386 g/mol. The molecular weight excluding hydrogens is 364 g/mol. The highest BCUT2D eigenvalue weighted by Crippen LogP contribution is 2.30. The van der Waals surface area contributed by atoms with Crippen LogP contribution in [0.5, 0.6) is 5.75 Å². The number of methoxy groups -OCH3 is 1. The van der Waals surface area contributed by atoms with Gasteiger partial charge in [0, 0.05) is 6.08 Å². The van der Waals surface area contributed by atoms with Crippen LogP contribution in [-0.2, 0) is 21.2 Å². The van der Waals surface area contributed by atoms with Crippen molar-refractivity contribution < 1.29 is 17.9 Å². The minimum absolute atomic E-state index is 0.00875. The van der Waals surface area contributed by atoms with E-state index in [9.17, 15) is 13.2 Å². The van der Waals surface area contributed by atoms with Crippen LogP contribution in [0, 0.1) is 0 Å². The van der Waals surface area contributed by atoms with Crippen molar-refractivity contribution in [2.24, 2.45) is 0 Å². The van der Waals surface area contributed by atoms with E-state index in [0.717, 1.165) is 18.4 Å². The molecule has 1 aliphatic rings. The fourth-order valence-corrected chi connectivity index (χ4v) is 4.14. The first-order valence-corrected chi connectivity index (χ1v) is 10.1. The molecule has 2 aromatic rings. The molecule has 2 aromatic carbocycles. The first-order valence-electron chi connectivity index (χ1n) is 8.62. The lowest BCUT2D eigenvalue weighted by atomic mass is 10.1. The van der Waals surface area contributed by atoms with Crippen LogP contribution in [0.3, 0.4) is 0 Å². The summed E-state index contributed by atoms with van der Waals surface area (Å²) in [5, 5.41) is 3.00. The quantitative estimate of drug-likeness (QED) is 0.747. The molecule has 3 rings (SSSR count). The summed E-state index contributed by atoms with van der Waals surface area (Å²) in [5.41, 5.74) is 3.02. The van der Waals surface area contributed by atoms with Crippen molar-refractivity contribution in [3.8, 4) is 5.75 Å². The normalized spacial score (nSPS) is 16.3. The first kappa shape index (κ1) is 19.1. The van der Waals surface area contributed by atoms with Gasteiger partial charge < -0.3 is 10.1 Å². The van der Waals surface area contributed by atoms with Gasteiger partial charge in [0.1, 0.15) is 10.6 Å².